The highest BCUT2D eigenvalue weighted by molar-refractivity contribution is 6.33. The van der Waals surface area contributed by atoms with Gasteiger partial charge in [0.2, 0.25) is 0 Å². The van der Waals surface area contributed by atoms with E-state index in [0.29, 0.717) is 0 Å². The van der Waals surface area contributed by atoms with Crippen LogP contribution in [0.4, 0.5) is 5.69 Å². The predicted octanol–water partition coefficient (Wildman–Crippen LogP) is 2.61. The second-order valence-corrected chi connectivity index (χ2v) is 3.07. The monoisotopic (exact) mass is 216 g/mol. The van der Waals surface area contributed by atoms with Crippen LogP contribution in [0.3, 0.4) is 0 Å². The largest absolute Gasteiger partial charge is 0.330 e. The van der Waals surface area contributed by atoms with E-state index in [1.807, 2.05) is 30.6 Å². The SMILES string of the molecule is Cl.Clc1ccccc1N1C=NCC1. The molecule has 0 aliphatic carbocycles. The Bertz CT molecular complexity index is 312. The van der Waals surface area contributed by atoms with E-state index in [1.165, 1.54) is 0 Å². The third-order valence-electron chi connectivity index (χ3n) is 1.85. The summed E-state index contributed by atoms with van der Waals surface area (Å²) in [6, 6.07) is 7.80. The van der Waals surface area contributed by atoms with Gasteiger partial charge in [0.25, 0.3) is 0 Å². The van der Waals surface area contributed by atoms with Crippen LogP contribution in [0.2, 0.25) is 5.02 Å². The average Bonchev–Trinajstić information content (AvgIpc) is 2.57. The molecule has 2 nitrogen and oxygen atoms in total. The van der Waals surface area contributed by atoms with Gasteiger partial charge >= 0.3 is 0 Å². The van der Waals surface area contributed by atoms with E-state index >= 15 is 0 Å². The molecule has 1 aliphatic heterocycles. The van der Waals surface area contributed by atoms with Gasteiger partial charge < -0.3 is 4.90 Å². The van der Waals surface area contributed by atoms with Crippen molar-refractivity contribution >= 4 is 36.0 Å². The lowest BCUT2D eigenvalue weighted by atomic mass is 10.3. The Morgan fingerprint density at radius 1 is 1.31 bits per heavy atom. The summed E-state index contributed by atoms with van der Waals surface area (Å²) in [7, 11) is 0. The number of rotatable bonds is 1. The Kier molecular flexibility index (Phi) is 3.58. The highest BCUT2D eigenvalue weighted by atomic mass is 35.5. The van der Waals surface area contributed by atoms with Crippen LogP contribution in [-0.4, -0.2) is 19.4 Å². The van der Waals surface area contributed by atoms with Crippen molar-refractivity contribution in [2.45, 2.75) is 0 Å². The molecule has 0 saturated heterocycles. The predicted molar refractivity (Wildman–Crippen MR) is 59.4 cm³/mol. The van der Waals surface area contributed by atoms with Gasteiger partial charge in [-0.25, -0.2) is 0 Å². The molecule has 13 heavy (non-hydrogen) atoms. The van der Waals surface area contributed by atoms with Crippen LogP contribution in [0.5, 0.6) is 0 Å². The second-order valence-electron chi connectivity index (χ2n) is 2.67. The quantitative estimate of drug-likeness (QED) is 0.705. The topological polar surface area (TPSA) is 15.6 Å². The number of nitrogens with zero attached hydrogens (tertiary/aromatic N) is 2. The van der Waals surface area contributed by atoms with Crippen LogP contribution < -0.4 is 4.90 Å². The van der Waals surface area contributed by atoms with Gasteiger partial charge in [-0.2, -0.15) is 0 Å². The Hall–Kier alpha value is -0.730. The molecule has 1 heterocycles. The lowest BCUT2D eigenvalue weighted by Crippen LogP contribution is -2.18. The zero-order valence-corrected chi connectivity index (χ0v) is 8.55. The summed E-state index contributed by atoms with van der Waals surface area (Å²) in [5.74, 6) is 0. The summed E-state index contributed by atoms with van der Waals surface area (Å²) in [4.78, 5) is 6.18. The standard InChI is InChI=1S/C9H9ClN2.ClH/c10-8-3-1-2-4-9(8)12-6-5-11-7-12;/h1-4,7H,5-6H2;1H. The molecule has 0 radical (unpaired) electrons. The first-order chi connectivity index (χ1) is 5.88. The molecule has 1 aliphatic rings. The minimum atomic E-state index is 0. The maximum absolute atomic E-state index is 6.00. The van der Waals surface area contributed by atoms with Crippen molar-refractivity contribution in [2.24, 2.45) is 4.99 Å². The molecular weight excluding hydrogens is 207 g/mol. The first-order valence-electron chi connectivity index (χ1n) is 3.89. The third-order valence-corrected chi connectivity index (χ3v) is 2.17. The van der Waals surface area contributed by atoms with Crippen LogP contribution in [0.1, 0.15) is 0 Å². The molecule has 0 amide bonds. The van der Waals surface area contributed by atoms with E-state index in [0.717, 1.165) is 23.8 Å². The van der Waals surface area contributed by atoms with E-state index in [-0.39, 0.29) is 12.4 Å². The molecule has 4 heteroatoms. The minimum Gasteiger partial charge on any atom is -0.330 e. The molecule has 0 N–H and O–H groups in total. The van der Waals surface area contributed by atoms with Crippen LogP contribution in [-0.2, 0) is 0 Å². The maximum atomic E-state index is 6.00. The number of para-hydroxylation sites is 1. The van der Waals surface area contributed by atoms with Crippen molar-refractivity contribution in [3.63, 3.8) is 0 Å². The minimum absolute atomic E-state index is 0. The van der Waals surface area contributed by atoms with Crippen molar-refractivity contribution in [3.8, 4) is 0 Å². The van der Waals surface area contributed by atoms with Crippen molar-refractivity contribution in [3.05, 3.63) is 29.3 Å². The lowest BCUT2D eigenvalue weighted by molar-refractivity contribution is 1.02. The second kappa shape index (κ2) is 4.49. The van der Waals surface area contributed by atoms with Gasteiger partial charge in [-0.15, -0.1) is 12.4 Å². The zero-order chi connectivity index (χ0) is 8.39. The van der Waals surface area contributed by atoms with Crippen LogP contribution >= 0.6 is 24.0 Å². The summed E-state index contributed by atoms with van der Waals surface area (Å²) < 4.78 is 0. The maximum Gasteiger partial charge on any atom is 0.0896 e. The summed E-state index contributed by atoms with van der Waals surface area (Å²) in [5.41, 5.74) is 1.04. The summed E-state index contributed by atoms with van der Waals surface area (Å²) in [6.07, 6.45) is 1.83. The number of anilines is 1. The van der Waals surface area contributed by atoms with Crippen LogP contribution in [0.15, 0.2) is 29.3 Å². The van der Waals surface area contributed by atoms with Gasteiger partial charge in [0.1, 0.15) is 0 Å². The van der Waals surface area contributed by atoms with Gasteiger partial charge in [-0.1, -0.05) is 23.7 Å². The van der Waals surface area contributed by atoms with Crippen molar-refractivity contribution in [2.75, 3.05) is 18.0 Å². The first kappa shape index (κ1) is 10.4. The van der Waals surface area contributed by atoms with E-state index in [2.05, 4.69) is 9.89 Å². The highest BCUT2D eigenvalue weighted by Gasteiger charge is 2.09. The first-order valence-corrected chi connectivity index (χ1v) is 4.27. The fourth-order valence-corrected chi connectivity index (χ4v) is 1.49. The molecule has 0 aromatic heterocycles. The molecular formula is C9H10Cl2N2. The van der Waals surface area contributed by atoms with Gasteiger partial charge in [0.15, 0.2) is 0 Å². The van der Waals surface area contributed by atoms with Crippen LogP contribution in [0, 0.1) is 0 Å². The van der Waals surface area contributed by atoms with E-state index < -0.39 is 0 Å². The van der Waals surface area contributed by atoms with Gasteiger partial charge in [0, 0.05) is 6.54 Å². The smallest absolute Gasteiger partial charge is 0.0896 e. The van der Waals surface area contributed by atoms with E-state index in [1.54, 1.807) is 0 Å². The van der Waals surface area contributed by atoms with Gasteiger partial charge in [-0.05, 0) is 12.1 Å². The molecule has 70 valence electrons. The van der Waals surface area contributed by atoms with Crippen molar-refractivity contribution in [1.82, 2.24) is 0 Å². The molecule has 0 fully saturated rings. The summed E-state index contributed by atoms with van der Waals surface area (Å²) in [5, 5.41) is 0.783. The number of hydrogen-bond donors (Lipinski definition) is 0. The van der Waals surface area contributed by atoms with Gasteiger partial charge in [0.05, 0.1) is 23.6 Å². The fourth-order valence-electron chi connectivity index (χ4n) is 1.25. The molecule has 0 bridgehead atoms. The molecule has 0 saturated carbocycles. The molecule has 0 spiro atoms. The van der Waals surface area contributed by atoms with E-state index in [9.17, 15) is 0 Å². The lowest BCUT2D eigenvalue weighted by Gasteiger charge is -2.14. The molecule has 0 unspecified atom stereocenters. The fraction of sp³-hybridized carbons (Fsp3) is 0.222. The number of hydrogen-bond acceptors (Lipinski definition) is 2. The summed E-state index contributed by atoms with van der Waals surface area (Å²) in [6.45, 7) is 1.80. The molecule has 1 aromatic carbocycles. The zero-order valence-electron chi connectivity index (χ0n) is 6.98. The Morgan fingerprint density at radius 2 is 2.08 bits per heavy atom. The Balaban J connectivity index is 0.000000845. The Labute approximate surface area is 88.6 Å². The summed E-state index contributed by atoms with van der Waals surface area (Å²) >= 11 is 6.00. The number of halogens is 2. The van der Waals surface area contributed by atoms with Crippen LogP contribution in [0.25, 0.3) is 0 Å². The highest BCUT2D eigenvalue weighted by Crippen LogP contribution is 2.24. The number of aliphatic imine (C=N–C) groups is 1. The van der Waals surface area contributed by atoms with Crippen molar-refractivity contribution in [1.29, 1.82) is 0 Å². The molecule has 2 rings (SSSR count). The normalized spacial score (nSPS) is 14.4. The van der Waals surface area contributed by atoms with Gasteiger partial charge in [-0.3, -0.25) is 4.99 Å². The van der Waals surface area contributed by atoms with E-state index in [4.69, 9.17) is 11.6 Å². The molecule has 0 atom stereocenters. The Morgan fingerprint density at radius 3 is 2.69 bits per heavy atom. The average molecular weight is 217 g/mol. The number of benzene rings is 1. The van der Waals surface area contributed by atoms with Crippen molar-refractivity contribution < 1.29 is 0 Å². The third kappa shape index (κ3) is 2.14. The molecule has 1 aromatic rings.